The number of carbonyl (C=O) groups excluding carboxylic acids is 2. The average molecular weight is 395 g/mol. The third-order valence-corrected chi connectivity index (χ3v) is 5.72. The van der Waals surface area contributed by atoms with Gasteiger partial charge in [-0.05, 0) is 50.7 Å². The fourth-order valence-electron chi connectivity index (χ4n) is 3.81. The van der Waals surface area contributed by atoms with Crippen LogP contribution in [0.3, 0.4) is 0 Å². The summed E-state index contributed by atoms with van der Waals surface area (Å²) in [5.74, 6) is -0.600. The molecule has 1 aliphatic heterocycles. The Kier molecular flexibility index (Phi) is 6.17. The Morgan fingerprint density at radius 1 is 1.32 bits per heavy atom. The Morgan fingerprint density at radius 3 is 2.68 bits per heavy atom. The van der Waals surface area contributed by atoms with Gasteiger partial charge >= 0.3 is 6.61 Å². The van der Waals surface area contributed by atoms with Crippen LogP contribution in [0.15, 0.2) is 24.3 Å². The fourth-order valence-corrected chi connectivity index (χ4v) is 3.81. The lowest BCUT2D eigenvalue weighted by molar-refractivity contribution is -0.128. The van der Waals surface area contributed by atoms with E-state index in [0.29, 0.717) is 31.8 Å². The molecule has 6 nitrogen and oxygen atoms in total. The van der Waals surface area contributed by atoms with Crippen molar-refractivity contribution in [2.45, 2.75) is 44.8 Å². The molecule has 8 heteroatoms. The maximum atomic E-state index is 12.9. The minimum atomic E-state index is -3.01. The molecule has 0 radical (unpaired) electrons. The van der Waals surface area contributed by atoms with Crippen molar-refractivity contribution in [3.8, 4) is 5.75 Å². The van der Waals surface area contributed by atoms with Crippen LogP contribution in [-0.4, -0.2) is 48.5 Å². The van der Waals surface area contributed by atoms with Crippen LogP contribution in [0.5, 0.6) is 5.75 Å². The van der Waals surface area contributed by atoms with Crippen LogP contribution in [0.4, 0.5) is 8.78 Å². The molecule has 2 aliphatic rings. The summed E-state index contributed by atoms with van der Waals surface area (Å²) in [4.78, 5) is 27.2. The molecule has 0 aromatic heterocycles. The quantitative estimate of drug-likeness (QED) is 0.742. The Morgan fingerprint density at radius 2 is 2.04 bits per heavy atom. The summed E-state index contributed by atoms with van der Waals surface area (Å²) in [6.07, 6.45) is 3.47. The van der Waals surface area contributed by atoms with E-state index in [9.17, 15) is 18.4 Å². The summed E-state index contributed by atoms with van der Waals surface area (Å²) >= 11 is 0. The lowest BCUT2D eigenvalue weighted by Crippen LogP contribution is -2.56. The number of nitrogens with zero attached hydrogens (tertiary/aromatic N) is 1. The maximum absolute atomic E-state index is 12.9. The SMILES string of the molecule is CC(CN)(NC(=O)C1CCCN(C(=O)c2ccccc2OC(F)F)C1)C1CC1. The van der Waals surface area contributed by atoms with Gasteiger partial charge in [0, 0.05) is 19.6 Å². The van der Waals surface area contributed by atoms with Crippen LogP contribution in [-0.2, 0) is 4.79 Å². The molecule has 1 saturated carbocycles. The molecule has 2 atom stereocenters. The van der Waals surface area contributed by atoms with Gasteiger partial charge in [-0.2, -0.15) is 8.78 Å². The summed E-state index contributed by atoms with van der Waals surface area (Å²) < 4.78 is 29.7. The van der Waals surface area contributed by atoms with Crippen molar-refractivity contribution in [1.29, 1.82) is 0 Å². The molecule has 1 aliphatic carbocycles. The molecular formula is C20H27F2N3O3. The summed E-state index contributed by atoms with van der Waals surface area (Å²) in [6, 6.07) is 5.94. The summed E-state index contributed by atoms with van der Waals surface area (Å²) in [7, 11) is 0. The Labute approximate surface area is 163 Å². The van der Waals surface area contributed by atoms with E-state index >= 15 is 0 Å². The highest BCUT2D eigenvalue weighted by atomic mass is 19.3. The highest BCUT2D eigenvalue weighted by Gasteiger charge is 2.43. The van der Waals surface area contributed by atoms with Crippen molar-refractivity contribution in [1.82, 2.24) is 10.2 Å². The van der Waals surface area contributed by atoms with Crippen LogP contribution >= 0.6 is 0 Å². The molecule has 2 unspecified atom stereocenters. The molecule has 3 N–H and O–H groups in total. The molecule has 1 aromatic carbocycles. The lowest BCUT2D eigenvalue weighted by Gasteiger charge is -2.36. The maximum Gasteiger partial charge on any atom is 0.387 e. The first-order chi connectivity index (χ1) is 13.3. The number of halogens is 2. The van der Waals surface area contributed by atoms with Gasteiger partial charge < -0.3 is 20.7 Å². The number of hydrogen-bond acceptors (Lipinski definition) is 4. The predicted octanol–water partition coefficient (Wildman–Crippen LogP) is 2.38. The highest BCUT2D eigenvalue weighted by Crippen LogP contribution is 2.39. The first-order valence-corrected chi connectivity index (χ1v) is 9.69. The second-order valence-corrected chi connectivity index (χ2v) is 7.85. The zero-order valence-electron chi connectivity index (χ0n) is 16.0. The third kappa shape index (κ3) is 4.60. The van der Waals surface area contributed by atoms with Crippen molar-refractivity contribution in [2.75, 3.05) is 19.6 Å². The van der Waals surface area contributed by atoms with E-state index in [4.69, 9.17) is 5.73 Å². The topological polar surface area (TPSA) is 84.7 Å². The fraction of sp³-hybridized carbons (Fsp3) is 0.600. The van der Waals surface area contributed by atoms with Gasteiger partial charge in [0.2, 0.25) is 5.91 Å². The van der Waals surface area contributed by atoms with Gasteiger partial charge in [-0.15, -0.1) is 0 Å². The number of nitrogens with two attached hydrogens (primary N) is 1. The number of alkyl halides is 2. The number of likely N-dealkylation sites (tertiary alicyclic amines) is 1. The molecule has 28 heavy (non-hydrogen) atoms. The van der Waals surface area contributed by atoms with Crippen molar-refractivity contribution in [3.63, 3.8) is 0 Å². The van der Waals surface area contributed by atoms with Crippen molar-refractivity contribution >= 4 is 11.8 Å². The van der Waals surface area contributed by atoms with E-state index in [1.54, 1.807) is 6.07 Å². The number of nitrogens with one attached hydrogen (secondary N) is 1. The van der Waals surface area contributed by atoms with Crippen LogP contribution in [0.2, 0.25) is 0 Å². The molecule has 1 heterocycles. The predicted molar refractivity (Wildman–Crippen MR) is 100 cm³/mol. The largest absolute Gasteiger partial charge is 0.434 e. The number of piperidine rings is 1. The molecule has 154 valence electrons. The van der Waals surface area contributed by atoms with Gasteiger partial charge in [-0.25, -0.2) is 0 Å². The van der Waals surface area contributed by atoms with E-state index in [1.807, 2.05) is 6.92 Å². The van der Waals surface area contributed by atoms with E-state index in [-0.39, 0.29) is 29.7 Å². The zero-order chi connectivity index (χ0) is 20.3. The summed E-state index contributed by atoms with van der Waals surface area (Å²) in [5.41, 5.74) is 5.54. The standard InChI is InChI=1S/C20H27F2N3O3/c1-20(12-23,14-8-9-14)24-17(26)13-5-4-10-25(11-13)18(27)15-6-2-3-7-16(15)28-19(21)22/h2-3,6-7,13-14,19H,4-5,8-12,23H2,1H3,(H,24,26). The summed E-state index contributed by atoms with van der Waals surface area (Å²) in [5, 5.41) is 3.09. The normalized spacial score (nSPS) is 21.9. The average Bonchev–Trinajstić information content (AvgIpc) is 3.53. The number of rotatable bonds is 7. The second kappa shape index (κ2) is 8.43. The number of hydrogen-bond donors (Lipinski definition) is 2. The molecule has 3 rings (SSSR count). The molecule has 0 bridgehead atoms. The third-order valence-electron chi connectivity index (χ3n) is 5.72. The Hall–Kier alpha value is -2.22. The molecule has 2 fully saturated rings. The minimum absolute atomic E-state index is 0.0774. The van der Waals surface area contributed by atoms with Gasteiger partial charge in [0.05, 0.1) is 17.0 Å². The molecule has 0 spiro atoms. The van der Waals surface area contributed by atoms with Gasteiger partial charge in [-0.3, -0.25) is 9.59 Å². The number of amides is 2. The first-order valence-electron chi connectivity index (χ1n) is 9.69. The first kappa shape index (κ1) is 20.5. The number of carbonyl (C=O) groups is 2. The van der Waals surface area contributed by atoms with Crippen molar-refractivity contribution in [2.24, 2.45) is 17.6 Å². The molecule has 1 saturated heterocycles. The van der Waals surface area contributed by atoms with Crippen LogP contribution in [0.25, 0.3) is 0 Å². The van der Waals surface area contributed by atoms with E-state index in [0.717, 1.165) is 12.8 Å². The monoisotopic (exact) mass is 395 g/mol. The van der Waals surface area contributed by atoms with E-state index in [2.05, 4.69) is 10.1 Å². The van der Waals surface area contributed by atoms with Gasteiger partial charge in [0.25, 0.3) is 5.91 Å². The number of ether oxygens (including phenoxy) is 1. The Balaban J connectivity index is 1.68. The number of benzene rings is 1. The van der Waals surface area contributed by atoms with Crippen molar-refractivity contribution < 1.29 is 23.1 Å². The summed E-state index contributed by atoms with van der Waals surface area (Å²) in [6.45, 7) is 0.0512. The smallest absolute Gasteiger partial charge is 0.387 e. The van der Waals surface area contributed by atoms with E-state index in [1.165, 1.54) is 23.1 Å². The Bertz CT molecular complexity index is 726. The van der Waals surface area contributed by atoms with Crippen LogP contribution in [0.1, 0.15) is 43.0 Å². The molecular weight excluding hydrogens is 368 g/mol. The van der Waals surface area contributed by atoms with E-state index < -0.39 is 18.1 Å². The van der Waals surface area contributed by atoms with Crippen LogP contribution in [0, 0.1) is 11.8 Å². The zero-order valence-corrected chi connectivity index (χ0v) is 16.0. The molecule has 2 amide bonds. The van der Waals surface area contributed by atoms with Crippen molar-refractivity contribution in [3.05, 3.63) is 29.8 Å². The van der Waals surface area contributed by atoms with Gasteiger partial charge in [-0.1, -0.05) is 12.1 Å². The highest BCUT2D eigenvalue weighted by molar-refractivity contribution is 5.97. The van der Waals surface area contributed by atoms with Gasteiger partial charge in [0.15, 0.2) is 0 Å². The lowest BCUT2D eigenvalue weighted by atomic mass is 9.91. The molecule has 1 aromatic rings. The van der Waals surface area contributed by atoms with Crippen LogP contribution < -0.4 is 15.8 Å². The number of para-hydroxylation sites is 1. The second-order valence-electron chi connectivity index (χ2n) is 7.85. The minimum Gasteiger partial charge on any atom is -0.434 e. The van der Waals surface area contributed by atoms with Gasteiger partial charge in [0.1, 0.15) is 5.75 Å².